The van der Waals surface area contributed by atoms with Crippen molar-refractivity contribution in [1.82, 2.24) is 20.2 Å². The van der Waals surface area contributed by atoms with Crippen molar-refractivity contribution in [2.24, 2.45) is 10.2 Å². The molecule has 0 aliphatic heterocycles. The fourth-order valence-corrected chi connectivity index (χ4v) is 3.67. The molecule has 0 unspecified atom stereocenters. The Kier molecular flexibility index (Phi) is 6.72. The number of aromatic nitrogens is 4. The Hall–Kier alpha value is -4.73. The molecule has 0 aliphatic carbocycles. The van der Waals surface area contributed by atoms with Crippen LogP contribution in [0.5, 0.6) is 0 Å². The van der Waals surface area contributed by atoms with Crippen LogP contribution in [-0.4, -0.2) is 43.6 Å². The van der Waals surface area contributed by atoms with Crippen molar-refractivity contribution >= 4 is 34.4 Å². The fraction of sp³-hybridized carbons (Fsp3) is 0.160. The third-order valence-electron chi connectivity index (χ3n) is 5.16. The Morgan fingerprint density at radius 2 is 1.91 bits per heavy atom. The highest BCUT2D eigenvalue weighted by atomic mass is 16.5. The van der Waals surface area contributed by atoms with Crippen molar-refractivity contribution in [1.29, 1.82) is 0 Å². The number of esters is 1. The molecule has 0 saturated carbocycles. The predicted molar refractivity (Wildman–Crippen MR) is 129 cm³/mol. The third-order valence-corrected chi connectivity index (χ3v) is 5.16. The first kappa shape index (κ1) is 23.4. The van der Waals surface area contributed by atoms with Crippen LogP contribution < -0.4 is 0 Å². The topological polar surface area (TPSA) is 143 Å². The lowest BCUT2D eigenvalue weighted by atomic mass is 9.95. The summed E-state index contributed by atoms with van der Waals surface area (Å²) in [6, 6.07) is 12.0. The zero-order valence-corrected chi connectivity index (χ0v) is 19.3. The van der Waals surface area contributed by atoms with Gasteiger partial charge in [-0.3, -0.25) is 14.9 Å². The molecular weight excluding hydrogens is 448 g/mol. The predicted octanol–water partition coefficient (Wildman–Crippen LogP) is 5.10. The molecule has 0 aliphatic rings. The van der Waals surface area contributed by atoms with Crippen LogP contribution in [0, 0.1) is 6.92 Å². The molecule has 3 heterocycles. The molecule has 0 amide bonds. The van der Waals surface area contributed by atoms with Crippen LogP contribution in [0.3, 0.4) is 0 Å². The number of ketones is 1. The van der Waals surface area contributed by atoms with E-state index in [9.17, 15) is 14.7 Å². The number of aliphatic hydroxyl groups is 1. The average molecular weight is 470 g/mol. The first-order valence-electron chi connectivity index (χ1n) is 10.8. The van der Waals surface area contributed by atoms with E-state index in [0.29, 0.717) is 39.0 Å². The number of hydrogen-bond acceptors (Lipinski definition) is 9. The molecule has 0 atom stereocenters. The number of nitrogens with one attached hydrogen (secondary N) is 1. The Labute approximate surface area is 200 Å². The van der Waals surface area contributed by atoms with Crippen molar-refractivity contribution in [2.75, 3.05) is 6.61 Å². The van der Waals surface area contributed by atoms with Gasteiger partial charge in [0.25, 0.3) is 0 Å². The van der Waals surface area contributed by atoms with Crippen LogP contribution in [0.25, 0.3) is 27.9 Å². The van der Waals surface area contributed by atoms with Crippen LogP contribution in [0.15, 0.2) is 70.8 Å². The van der Waals surface area contributed by atoms with Gasteiger partial charge in [-0.25, -0.2) is 9.78 Å². The minimum Gasteiger partial charge on any atom is -0.505 e. The molecule has 10 nitrogen and oxygen atoms in total. The van der Waals surface area contributed by atoms with E-state index in [-0.39, 0.29) is 29.7 Å². The lowest BCUT2D eigenvalue weighted by molar-refractivity contribution is -0.138. The van der Waals surface area contributed by atoms with Gasteiger partial charge in [0.2, 0.25) is 5.70 Å². The average Bonchev–Trinajstić information content (AvgIpc) is 3.26. The molecule has 2 N–H and O–H groups in total. The molecule has 0 fully saturated rings. The number of pyridine rings is 2. The Morgan fingerprint density at radius 1 is 1.14 bits per heavy atom. The van der Waals surface area contributed by atoms with Crippen molar-refractivity contribution < 1.29 is 19.4 Å². The van der Waals surface area contributed by atoms with Crippen LogP contribution in [0.2, 0.25) is 0 Å². The number of H-pyrrole nitrogens is 1. The number of ether oxygens (including phenoxy) is 1. The maximum absolute atomic E-state index is 12.6. The summed E-state index contributed by atoms with van der Waals surface area (Å²) in [6.07, 6.45) is 3.25. The molecule has 0 radical (unpaired) electrons. The molecule has 4 rings (SSSR count). The molecule has 0 bridgehead atoms. The number of benzene rings is 1. The van der Waals surface area contributed by atoms with E-state index in [2.05, 4.69) is 30.4 Å². The maximum atomic E-state index is 12.6. The number of azo groups is 1. The molecule has 0 spiro atoms. The highest BCUT2D eigenvalue weighted by Crippen LogP contribution is 2.37. The normalized spacial score (nSPS) is 12.1. The van der Waals surface area contributed by atoms with Crippen molar-refractivity contribution in [2.45, 2.75) is 20.8 Å². The van der Waals surface area contributed by atoms with E-state index < -0.39 is 5.97 Å². The van der Waals surface area contributed by atoms with Gasteiger partial charge >= 0.3 is 5.97 Å². The molecule has 176 valence electrons. The zero-order valence-electron chi connectivity index (χ0n) is 19.3. The van der Waals surface area contributed by atoms with E-state index in [0.717, 1.165) is 0 Å². The van der Waals surface area contributed by atoms with Gasteiger partial charge in [0.15, 0.2) is 23.0 Å². The number of aryl methyl sites for hydroxylation is 1. The highest BCUT2D eigenvalue weighted by Gasteiger charge is 2.23. The number of aliphatic hydroxyl groups excluding tert-OH is 1. The quantitative estimate of drug-likeness (QED) is 0.126. The summed E-state index contributed by atoms with van der Waals surface area (Å²) < 4.78 is 5.06. The van der Waals surface area contributed by atoms with E-state index in [1.165, 1.54) is 6.92 Å². The third kappa shape index (κ3) is 4.67. The second-order valence-corrected chi connectivity index (χ2v) is 7.50. The molecule has 0 saturated heterocycles. The van der Waals surface area contributed by atoms with E-state index in [1.54, 1.807) is 62.6 Å². The maximum Gasteiger partial charge on any atom is 0.362 e. The largest absolute Gasteiger partial charge is 0.505 e. The number of Topliss-reactive ketones (excluding diaryl/α,β-unsaturated/α-hetero) is 1. The number of carbonyl (C=O) groups is 2. The van der Waals surface area contributed by atoms with E-state index in [4.69, 9.17) is 4.74 Å². The molecule has 10 heteroatoms. The number of carbonyl (C=O) groups excluding carboxylic acids is 2. The molecular formula is C25H22N6O4. The summed E-state index contributed by atoms with van der Waals surface area (Å²) in [5, 5.41) is 26.3. The Bertz CT molecular complexity index is 1460. The molecule has 35 heavy (non-hydrogen) atoms. The van der Waals surface area contributed by atoms with E-state index >= 15 is 0 Å². The Morgan fingerprint density at radius 3 is 2.57 bits per heavy atom. The SMILES string of the molecule is CCOC(=O)/C(N=Nc1[nH]nc2nc(C)c(C(C)=O)c(-c3cccnc3)c12)=C(/O)c1ccccc1. The summed E-state index contributed by atoms with van der Waals surface area (Å²) in [5.74, 6) is -1.26. The van der Waals surface area contributed by atoms with Crippen LogP contribution in [0.1, 0.15) is 35.5 Å². The lowest BCUT2D eigenvalue weighted by Crippen LogP contribution is -2.08. The van der Waals surface area contributed by atoms with Crippen molar-refractivity contribution in [3.05, 3.63) is 77.4 Å². The minimum atomic E-state index is -0.840. The second-order valence-electron chi connectivity index (χ2n) is 7.50. The monoisotopic (exact) mass is 470 g/mol. The number of fused-ring (bicyclic) bond motifs is 1. The van der Waals surface area contributed by atoms with Crippen molar-refractivity contribution in [3.63, 3.8) is 0 Å². The van der Waals surface area contributed by atoms with Gasteiger partial charge in [-0.1, -0.05) is 36.4 Å². The van der Waals surface area contributed by atoms with Gasteiger partial charge < -0.3 is 9.84 Å². The first-order valence-corrected chi connectivity index (χ1v) is 10.8. The number of hydrogen-bond donors (Lipinski definition) is 2. The van der Waals surface area contributed by atoms with Gasteiger partial charge in [0, 0.05) is 34.6 Å². The highest BCUT2D eigenvalue weighted by molar-refractivity contribution is 6.11. The fourth-order valence-electron chi connectivity index (χ4n) is 3.67. The number of rotatable bonds is 7. The molecule has 3 aromatic heterocycles. The van der Waals surface area contributed by atoms with Crippen LogP contribution in [0.4, 0.5) is 5.82 Å². The van der Waals surface area contributed by atoms with Gasteiger partial charge in [-0.2, -0.15) is 5.10 Å². The summed E-state index contributed by atoms with van der Waals surface area (Å²) >= 11 is 0. The van der Waals surface area contributed by atoms with Crippen LogP contribution >= 0.6 is 0 Å². The minimum absolute atomic E-state index is 0.0865. The lowest BCUT2D eigenvalue weighted by Gasteiger charge is -2.11. The number of aromatic amines is 1. The zero-order chi connectivity index (χ0) is 24.9. The summed E-state index contributed by atoms with van der Waals surface area (Å²) in [5.41, 5.74) is 2.43. The summed E-state index contributed by atoms with van der Waals surface area (Å²) in [4.78, 5) is 33.7. The van der Waals surface area contributed by atoms with Gasteiger partial charge in [-0.15, -0.1) is 10.2 Å². The van der Waals surface area contributed by atoms with Gasteiger partial charge in [0.1, 0.15) is 0 Å². The van der Waals surface area contributed by atoms with Crippen molar-refractivity contribution in [3.8, 4) is 11.1 Å². The van der Waals surface area contributed by atoms with Gasteiger partial charge in [0.05, 0.1) is 17.7 Å². The van der Waals surface area contributed by atoms with E-state index in [1.807, 2.05) is 6.07 Å². The molecule has 1 aromatic carbocycles. The second kappa shape index (κ2) is 10.0. The summed E-state index contributed by atoms with van der Waals surface area (Å²) in [6.45, 7) is 4.91. The number of nitrogens with zero attached hydrogens (tertiary/aromatic N) is 5. The smallest absolute Gasteiger partial charge is 0.362 e. The Balaban J connectivity index is 1.93. The van der Waals surface area contributed by atoms with Gasteiger partial charge in [-0.05, 0) is 26.8 Å². The van der Waals surface area contributed by atoms with Crippen LogP contribution in [-0.2, 0) is 9.53 Å². The standard InChI is InChI=1S/C25H22N6O4/c1-4-35-25(34)21(22(33)16-9-6-5-7-10-16)28-30-24-20-19(17-11-8-12-26-13-17)18(15(3)32)14(2)27-23(20)29-31-24/h5-13,33H,4H2,1-3H3,(H,27,29,31)/b22-21-,30-28?. The summed E-state index contributed by atoms with van der Waals surface area (Å²) in [7, 11) is 0. The first-order chi connectivity index (χ1) is 16.9. The molecule has 4 aromatic rings.